The molecule has 1 atom stereocenters. The third-order valence-corrected chi connectivity index (χ3v) is 3.87. The second-order valence-electron chi connectivity index (χ2n) is 6.24. The van der Waals surface area contributed by atoms with E-state index in [1.54, 1.807) is 0 Å². The van der Waals surface area contributed by atoms with Crippen LogP contribution >= 0.6 is 0 Å². The summed E-state index contributed by atoms with van der Waals surface area (Å²) < 4.78 is 0.778. The molecule has 0 amide bonds. The van der Waals surface area contributed by atoms with Gasteiger partial charge in [-0.25, -0.2) is 0 Å². The Kier molecular flexibility index (Phi) is 3.28. The van der Waals surface area contributed by atoms with E-state index in [2.05, 4.69) is 45.4 Å². The molecule has 0 aliphatic heterocycles. The van der Waals surface area contributed by atoms with Gasteiger partial charge < -0.3 is 9.59 Å². The van der Waals surface area contributed by atoms with Crippen LogP contribution in [0.15, 0.2) is 30.3 Å². The van der Waals surface area contributed by atoms with Gasteiger partial charge in [0.15, 0.2) is 0 Å². The van der Waals surface area contributed by atoms with E-state index in [0.29, 0.717) is 0 Å². The van der Waals surface area contributed by atoms with Crippen LogP contribution in [0.4, 0.5) is 0 Å². The SMILES string of the molecule is C[N+](C)(C)C(c1ccccc1)C1(O)CCCC1. The third-order valence-electron chi connectivity index (χ3n) is 3.87. The number of nitrogens with zero attached hydrogens (tertiary/aromatic N) is 1. The highest BCUT2D eigenvalue weighted by molar-refractivity contribution is 5.21. The molecule has 0 radical (unpaired) electrons. The second-order valence-corrected chi connectivity index (χ2v) is 6.24. The van der Waals surface area contributed by atoms with Crippen LogP contribution in [-0.4, -0.2) is 36.3 Å². The summed E-state index contributed by atoms with van der Waals surface area (Å²) >= 11 is 0. The summed E-state index contributed by atoms with van der Waals surface area (Å²) in [4.78, 5) is 0. The van der Waals surface area contributed by atoms with Crippen molar-refractivity contribution in [2.45, 2.75) is 37.3 Å². The normalized spacial score (nSPS) is 21.4. The predicted molar refractivity (Wildman–Crippen MR) is 70.6 cm³/mol. The van der Waals surface area contributed by atoms with Crippen molar-refractivity contribution in [3.63, 3.8) is 0 Å². The molecule has 2 rings (SSSR count). The molecule has 1 aliphatic rings. The Morgan fingerprint density at radius 3 is 2.06 bits per heavy atom. The standard InChI is InChI=1S/C15H24NO/c1-16(2,3)14(13-9-5-4-6-10-13)15(17)11-7-8-12-15/h4-6,9-10,14,17H,7-8,11-12H2,1-3H3/q+1. The molecule has 1 N–H and O–H groups in total. The van der Waals surface area contributed by atoms with E-state index in [1.165, 1.54) is 5.56 Å². The van der Waals surface area contributed by atoms with Crippen LogP contribution < -0.4 is 0 Å². The zero-order valence-electron chi connectivity index (χ0n) is 11.2. The lowest BCUT2D eigenvalue weighted by atomic mass is 9.85. The molecule has 1 unspecified atom stereocenters. The molecule has 2 heteroatoms. The minimum atomic E-state index is -0.528. The Hall–Kier alpha value is -0.860. The first-order valence-electron chi connectivity index (χ1n) is 6.52. The molecule has 94 valence electrons. The van der Waals surface area contributed by atoms with Gasteiger partial charge in [0, 0.05) is 5.56 Å². The quantitative estimate of drug-likeness (QED) is 0.797. The van der Waals surface area contributed by atoms with Crippen molar-refractivity contribution >= 4 is 0 Å². The average Bonchev–Trinajstić information content (AvgIpc) is 2.65. The van der Waals surface area contributed by atoms with E-state index >= 15 is 0 Å². The van der Waals surface area contributed by atoms with E-state index in [0.717, 1.165) is 30.2 Å². The molecule has 1 aliphatic carbocycles. The summed E-state index contributed by atoms with van der Waals surface area (Å²) in [5, 5.41) is 10.9. The lowest BCUT2D eigenvalue weighted by Crippen LogP contribution is -2.51. The van der Waals surface area contributed by atoms with Crippen LogP contribution in [0.5, 0.6) is 0 Å². The molecule has 0 spiro atoms. The number of likely N-dealkylation sites (N-methyl/N-ethyl adjacent to an activating group) is 1. The Morgan fingerprint density at radius 1 is 1.06 bits per heavy atom. The fraction of sp³-hybridized carbons (Fsp3) is 0.600. The molecule has 0 heterocycles. The van der Waals surface area contributed by atoms with Gasteiger partial charge in [-0.2, -0.15) is 0 Å². The van der Waals surface area contributed by atoms with Crippen LogP contribution in [0.3, 0.4) is 0 Å². The number of aliphatic hydroxyl groups is 1. The monoisotopic (exact) mass is 234 g/mol. The molecular weight excluding hydrogens is 210 g/mol. The Labute approximate surface area is 104 Å². The maximum absolute atomic E-state index is 10.9. The van der Waals surface area contributed by atoms with Gasteiger partial charge >= 0.3 is 0 Å². The molecule has 17 heavy (non-hydrogen) atoms. The Morgan fingerprint density at radius 2 is 1.59 bits per heavy atom. The molecule has 1 saturated carbocycles. The summed E-state index contributed by atoms with van der Waals surface area (Å²) in [5.74, 6) is 0. The first-order chi connectivity index (χ1) is 7.93. The van der Waals surface area contributed by atoms with E-state index in [-0.39, 0.29) is 6.04 Å². The number of hydrogen-bond acceptors (Lipinski definition) is 1. The molecular formula is C15H24NO+. The minimum absolute atomic E-state index is 0.172. The summed E-state index contributed by atoms with van der Waals surface area (Å²) in [5.41, 5.74) is 0.726. The lowest BCUT2D eigenvalue weighted by Gasteiger charge is -2.43. The highest BCUT2D eigenvalue weighted by Crippen LogP contribution is 2.44. The lowest BCUT2D eigenvalue weighted by molar-refractivity contribution is -0.910. The topological polar surface area (TPSA) is 20.2 Å². The highest BCUT2D eigenvalue weighted by Gasteiger charge is 2.47. The first-order valence-corrected chi connectivity index (χ1v) is 6.52. The van der Waals surface area contributed by atoms with Crippen molar-refractivity contribution < 1.29 is 9.59 Å². The van der Waals surface area contributed by atoms with Crippen molar-refractivity contribution in [2.75, 3.05) is 21.1 Å². The van der Waals surface area contributed by atoms with Gasteiger partial charge in [0.2, 0.25) is 0 Å². The third kappa shape index (κ3) is 2.53. The van der Waals surface area contributed by atoms with Crippen LogP contribution in [0.2, 0.25) is 0 Å². The van der Waals surface area contributed by atoms with Crippen molar-refractivity contribution in [1.29, 1.82) is 0 Å². The van der Waals surface area contributed by atoms with Crippen LogP contribution in [-0.2, 0) is 0 Å². The predicted octanol–water partition coefficient (Wildman–Crippen LogP) is 2.74. The maximum Gasteiger partial charge on any atom is 0.143 e. The largest absolute Gasteiger partial charge is 0.383 e. The van der Waals surface area contributed by atoms with E-state index in [9.17, 15) is 5.11 Å². The van der Waals surface area contributed by atoms with Crippen molar-refractivity contribution in [3.05, 3.63) is 35.9 Å². The second kappa shape index (κ2) is 4.43. The Balaban J connectivity index is 2.39. The number of benzene rings is 1. The zero-order chi connectivity index (χ0) is 12.5. The molecule has 1 aromatic carbocycles. The fourth-order valence-electron chi connectivity index (χ4n) is 3.37. The Bertz CT molecular complexity index is 360. The summed E-state index contributed by atoms with van der Waals surface area (Å²) in [6.07, 6.45) is 4.17. The molecule has 2 nitrogen and oxygen atoms in total. The number of rotatable bonds is 3. The fourth-order valence-corrected chi connectivity index (χ4v) is 3.37. The summed E-state index contributed by atoms with van der Waals surface area (Å²) in [6.45, 7) is 0. The average molecular weight is 234 g/mol. The van der Waals surface area contributed by atoms with Gasteiger partial charge in [-0.3, -0.25) is 0 Å². The molecule has 1 fully saturated rings. The zero-order valence-corrected chi connectivity index (χ0v) is 11.2. The molecule has 0 saturated heterocycles. The molecule has 0 aromatic heterocycles. The van der Waals surface area contributed by atoms with Crippen LogP contribution in [0.25, 0.3) is 0 Å². The van der Waals surface area contributed by atoms with Gasteiger partial charge in [0.25, 0.3) is 0 Å². The van der Waals surface area contributed by atoms with Gasteiger partial charge in [-0.15, -0.1) is 0 Å². The first kappa shape index (κ1) is 12.6. The smallest absolute Gasteiger partial charge is 0.143 e. The van der Waals surface area contributed by atoms with Gasteiger partial charge in [0.05, 0.1) is 21.1 Å². The van der Waals surface area contributed by atoms with Gasteiger partial charge in [0.1, 0.15) is 11.6 Å². The van der Waals surface area contributed by atoms with Gasteiger partial charge in [-0.1, -0.05) is 43.2 Å². The van der Waals surface area contributed by atoms with Crippen LogP contribution in [0, 0.1) is 0 Å². The summed E-state index contributed by atoms with van der Waals surface area (Å²) in [7, 11) is 6.52. The minimum Gasteiger partial charge on any atom is -0.383 e. The number of hydrogen-bond donors (Lipinski definition) is 1. The van der Waals surface area contributed by atoms with E-state index < -0.39 is 5.60 Å². The van der Waals surface area contributed by atoms with Crippen molar-refractivity contribution in [1.82, 2.24) is 0 Å². The van der Waals surface area contributed by atoms with E-state index in [4.69, 9.17) is 0 Å². The highest BCUT2D eigenvalue weighted by atomic mass is 16.3. The summed E-state index contributed by atoms with van der Waals surface area (Å²) in [6, 6.07) is 10.6. The van der Waals surface area contributed by atoms with E-state index in [1.807, 2.05) is 6.07 Å². The molecule has 1 aromatic rings. The number of quaternary nitrogens is 1. The van der Waals surface area contributed by atoms with Crippen molar-refractivity contribution in [3.8, 4) is 0 Å². The van der Waals surface area contributed by atoms with Gasteiger partial charge in [-0.05, 0) is 12.8 Å². The maximum atomic E-state index is 10.9. The van der Waals surface area contributed by atoms with Crippen LogP contribution in [0.1, 0.15) is 37.3 Å². The molecule has 0 bridgehead atoms. The van der Waals surface area contributed by atoms with Crippen molar-refractivity contribution in [2.24, 2.45) is 0 Å².